The lowest BCUT2D eigenvalue weighted by Gasteiger charge is -2.31. The predicted octanol–water partition coefficient (Wildman–Crippen LogP) is 4.33. The summed E-state index contributed by atoms with van der Waals surface area (Å²) in [7, 11) is 0. The maximum absolute atomic E-state index is 12.4. The highest BCUT2D eigenvalue weighted by molar-refractivity contribution is 6.22. The first-order chi connectivity index (χ1) is 8.68. The van der Waals surface area contributed by atoms with Crippen LogP contribution in [0.3, 0.4) is 0 Å². The lowest BCUT2D eigenvalue weighted by Crippen LogP contribution is -2.33. The van der Waals surface area contributed by atoms with Gasteiger partial charge in [-0.25, -0.2) is 0 Å². The van der Waals surface area contributed by atoms with Gasteiger partial charge in [-0.05, 0) is 30.1 Å². The first-order valence-corrected chi connectivity index (χ1v) is 7.47. The molecule has 1 rings (SSSR count). The molecule has 0 heterocycles. The van der Waals surface area contributed by atoms with Crippen LogP contribution < -0.4 is 0 Å². The molecule has 0 saturated heterocycles. The van der Waals surface area contributed by atoms with Crippen molar-refractivity contribution in [2.45, 2.75) is 67.2 Å². The minimum absolute atomic E-state index is 0.0669. The summed E-state index contributed by atoms with van der Waals surface area (Å²) >= 11 is 0. The average Bonchev–Trinajstić information content (AvgIpc) is 2.23. The number of allylic oxidation sites excluding steroid dienone is 2. The van der Waals surface area contributed by atoms with Gasteiger partial charge in [0.15, 0.2) is 11.6 Å². The van der Waals surface area contributed by atoms with Crippen molar-refractivity contribution >= 4 is 11.6 Å². The summed E-state index contributed by atoms with van der Waals surface area (Å²) in [5.41, 5.74) is 1.47. The summed E-state index contributed by atoms with van der Waals surface area (Å²) in [6.07, 6.45) is 2.86. The number of carbonyl (C=O) groups excluding carboxylic acids is 2. The van der Waals surface area contributed by atoms with Crippen molar-refractivity contribution in [2.75, 3.05) is 0 Å². The van der Waals surface area contributed by atoms with Crippen LogP contribution in [0.25, 0.3) is 0 Å². The molecule has 2 nitrogen and oxygen atoms in total. The minimum atomic E-state index is -0.171. The molecule has 0 N–H and O–H groups in total. The standard InChI is InChI=1S/C17H28O2/c1-7-12(4)13(8-11(2)3)16-14(18)9-17(5,6)10-15(16)19/h11-12H,7-10H2,1-6H3. The maximum Gasteiger partial charge on any atom is 0.166 e. The van der Waals surface area contributed by atoms with E-state index < -0.39 is 0 Å². The minimum Gasteiger partial charge on any atom is -0.294 e. The second-order valence-corrected chi connectivity index (χ2v) is 7.17. The largest absolute Gasteiger partial charge is 0.294 e. The molecule has 1 aliphatic carbocycles. The first kappa shape index (κ1) is 16.1. The predicted molar refractivity (Wildman–Crippen MR) is 79.0 cm³/mol. The van der Waals surface area contributed by atoms with Gasteiger partial charge in [-0.2, -0.15) is 0 Å². The molecular weight excluding hydrogens is 236 g/mol. The van der Waals surface area contributed by atoms with Gasteiger partial charge in [0.25, 0.3) is 0 Å². The molecule has 1 fully saturated rings. The van der Waals surface area contributed by atoms with Crippen LogP contribution in [-0.4, -0.2) is 11.6 Å². The van der Waals surface area contributed by atoms with Gasteiger partial charge in [0.2, 0.25) is 0 Å². The number of Topliss-reactive ketones (excluding diaryl/α,β-unsaturated/α-hetero) is 2. The molecule has 0 radical (unpaired) electrons. The second-order valence-electron chi connectivity index (χ2n) is 7.17. The highest BCUT2D eigenvalue weighted by atomic mass is 16.1. The van der Waals surface area contributed by atoms with Crippen LogP contribution in [0.1, 0.15) is 67.2 Å². The van der Waals surface area contributed by atoms with E-state index >= 15 is 0 Å². The lowest BCUT2D eigenvalue weighted by molar-refractivity contribution is -0.127. The van der Waals surface area contributed by atoms with E-state index in [0.29, 0.717) is 30.3 Å². The third-order valence-corrected chi connectivity index (χ3v) is 3.99. The van der Waals surface area contributed by atoms with E-state index in [1.54, 1.807) is 0 Å². The zero-order chi connectivity index (χ0) is 14.8. The third kappa shape index (κ3) is 4.02. The van der Waals surface area contributed by atoms with Crippen molar-refractivity contribution in [3.05, 3.63) is 11.1 Å². The lowest BCUT2D eigenvalue weighted by atomic mass is 9.71. The van der Waals surface area contributed by atoms with Gasteiger partial charge in [-0.15, -0.1) is 0 Å². The van der Waals surface area contributed by atoms with Crippen LogP contribution in [0.2, 0.25) is 0 Å². The van der Waals surface area contributed by atoms with Crippen molar-refractivity contribution in [3.63, 3.8) is 0 Å². The fraction of sp³-hybridized carbons (Fsp3) is 0.765. The highest BCUT2D eigenvalue weighted by Gasteiger charge is 2.37. The van der Waals surface area contributed by atoms with Crippen LogP contribution >= 0.6 is 0 Å². The zero-order valence-electron chi connectivity index (χ0n) is 13.3. The van der Waals surface area contributed by atoms with Gasteiger partial charge >= 0.3 is 0 Å². The fourth-order valence-electron chi connectivity index (χ4n) is 2.86. The molecule has 0 amide bonds. The van der Waals surface area contributed by atoms with Crippen molar-refractivity contribution in [2.24, 2.45) is 17.3 Å². The van der Waals surface area contributed by atoms with E-state index in [1.165, 1.54) is 0 Å². The number of hydrogen-bond donors (Lipinski definition) is 0. The van der Waals surface area contributed by atoms with E-state index in [4.69, 9.17) is 0 Å². The van der Waals surface area contributed by atoms with Crippen LogP contribution in [-0.2, 0) is 9.59 Å². The summed E-state index contributed by atoms with van der Waals surface area (Å²) in [4.78, 5) is 24.8. The van der Waals surface area contributed by atoms with Gasteiger partial charge in [0.1, 0.15) is 0 Å². The smallest absolute Gasteiger partial charge is 0.166 e. The molecule has 1 atom stereocenters. The van der Waals surface area contributed by atoms with Crippen LogP contribution in [0, 0.1) is 17.3 Å². The Morgan fingerprint density at radius 2 is 1.58 bits per heavy atom. The van der Waals surface area contributed by atoms with Crippen LogP contribution in [0.15, 0.2) is 11.1 Å². The molecule has 1 unspecified atom stereocenters. The molecule has 0 aromatic heterocycles. The van der Waals surface area contributed by atoms with Crippen molar-refractivity contribution in [1.82, 2.24) is 0 Å². The molecular formula is C17H28O2. The maximum atomic E-state index is 12.4. The highest BCUT2D eigenvalue weighted by Crippen LogP contribution is 2.37. The Kier molecular flexibility index (Phi) is 5.11. The van der Waals surface area contributed by atoms with Gasteiger partial charge in [-0.1, -0.05) is 47.1 Å². The number of ketones is 2. The Morgan fingerprint density at radius 3 is 1.95 bits per heavy atom. The van der Waals surface area contributed by atoms with Gasteiger partial charge in [0, 0.05) is 12.8 Å². The summed E-state index contributed by atoms with van der Waals surface area (Å²) in [5, 5.41) is 0. The molecule has 0 aliphatic heterocycles. The van der Waals surface area contributed by atoms with Crippen molar-refractivity contribution < 1.29 is 9.59 Å². The number of rotatable bonds is 4. The molecule has 1 aliphatic rings. The van der Waals surface area contributed by atoms with E-state index in [9.17, 15) is 9.59 Å². The molecule has 0 spiro atoms. The number of hydrogen-bond acceptors (Lipinski definition) is 2. The molecule has 1 saturated carbocycles. The van der Waals surface area contributed by atoms with E-state index in [-0.39, 0.29) is 17.0 Å². The normalized spacial score (nSPS) is 20.9. The summed E-state index contributed by atoms with van der Waals surface area (Å²) in [5.74, 6) is 0.938. The summed E-state index contributed by atoms with van der Waals surface area (Å²) < 4.78 is 0. The Labute approximate surface area is 117 Å². The second kappa shape index (κ2) is 6.02. The molecule has 0 aromatic carbocycles. The van der Waals surface area contributed by atoms with Crippen molar-refractivity contribution in [3.8, 4) is 0 Å². The molecule has 108 valence electrons. The Hall–Kier alpha value is -0.920. The van der Waals surface area contributed by atoms with E-state index in [2.05, 4.69) is 27.7 Å². The van der Waals surface area contributed by atoms with Gasteiger partial charge in [0.05, 0.1) is 5.57 Å². The van der Waals surface area contributed by atoms with Crippen molar-refractivity contribution in [1.29, 1.82) is 0 Å². The average molecular weight is 264 g/mol. The Bertz CT molecular complexity index is 377. The monoisotopic (exact) mass is 264 g/mol. The van der Waals surface area contributed by atoms with Crippen LogP contribution in [0.5, 0.6) is 0 Å². The van der Waals surface area contributed by atoms with Gasteiger partial charge < -0.3 is 0 Å². The van der Waals surface area contributed by atoms with E-state index in [0.717, 1.165) is 18.4 Å². The summed E-state index contributed by atoms with van der Waals surface area (Å²) in [6, 6.07) is 0. The third-order valence-electron chi connectivity index (χ3n) is 3.99. The molecule has 0 bridgehead atoms. The molecule has 19 heavy (non-hydrogen) atoms. The van der Waals surface area contributed by atoms with Crippen LogP contribution in [0.4, 0.5) is 0 Å². The number of carbonyl (C=O) groups is 2. The molecule has 0 aromatic rings. The topological polar surface area (TPSA) is 34.1 Å². The van der Waals surface area contributed by atoms with Gasteiger partial charge in [-0.3, -0.25) is 9.59 Å². The zero-order valence-corrected chi connectivity index (χ0v) is 13.3. The molecule has 2 heteroatoms. The Balaban J connectivity index is 3.21. The fourth-order valence-corrected chi connectivity index (χ4v) is 2.86. The first-order valence-electron chi connectivity index (χ1n) is 7.47. The SMILES string of the molecule is CCC(C)C(CC(C)C)=C1C(=O)CC(C)(C)CC1=O. The Morgan fingerprint density at radius 1 is 1.11 bits per heavy atom. The summed E-state index contributed by atoms with van der Waals surface area (Å²) in [6.45, 7) is 12.5. The quantitative estimate of drug-likeness (QED) is 0.559. The van der Waals surface area contributed by atoms with E-state index in [1.807, 2.05) is 13.8 Å².